The molecule has 0 saturated heterocycles. The SMILES string of the molecule is CN=C(NCc1ccc(S(=O)(=O)N(C)C(C)C)cc1)NCC(C)c1cccs1.I. The Hall–Kier alpha value is -1.17. The Morgan fingerprint density at radius 1 is 1.14 bits per heavy atom. The molecule has 0 saturated carbocycles. The van der Waals surface area contributed by atoms with Gasteiger partial charge in [-0.1, -0.05) is 25.1 Å². The average Bonchev–Trinajstić information content (AvgIpc) is 3.22. The maximum atomic E-state index is 12.5. The van der Waals surface area contributed by atoms with Crippen LogP contribution in [0.2, 0.25) is 0 Å². The van der Waals surface area contributed by atoms with Crippen molar-refractivity contribution in [2.45, 2.75) is 44.2 Å². The Labute approximate surface area is 195 Å². The lowest BCUT2D eigenvalue weighted by Crippen LogP contribution is -2.38. The number of aliphatic imine (C=N–C) groups is 1. The van der Waals surface area contributed by atoms with Crippen LogP contribution in [0.15, 0.2) is 51.7 Å². The average molecular weight is 551 g/mol. The smallest absolute Gasteiger partial charge is 0.243 e. The first-order valence-corrected chi connectivity index (χ1v) is 11.6. The van der Waals surface area contributed by atoms with Crippen LogP contribution in [0.1, 0.15) is 37.1 Å². The van der Waals surface area contributed by atoms with E-state index in [9.17, 15) is 8.42 Å². The highest BCUT2D eigenvalue weighted by atomic mass is 127. The predicted molar refractivity (Wildman–Crippen MR) is 133 cm³/mol. The summed E-state index contributed by atoms with van der Waals surface area (Å²) in [5, 5.41) is 8.69. The molecule has 1 atom stereocenters. The van der Waals surface area contributed by atoms with Crippen LogP contribution in [0.4, 0.5) is 0 Å². The highest BCUT2D eigenvalue weighted by molar-refractivity contribution is 14.0. The number of nitrogens with zero attached hydrogens (tertiary/aromatic N) is 2. The highest BCUT2D eigenvalue weighted by Gasteiger charge is 2.22. The molecule has 6 nitrogen and oxygen atoms in total. The van der Waals surface area contributed by atoms with E-state index in [1.54, 1.807) is 37.6 Å². The number of hydrogen-bond donors (Lipinski definition) is 2. The molecule has 1 aromatic carbocycles. The molecule has 2 N–H and O–H groups in total. The maximum absolute atomic E-state index is 12.5. The van der Waals surface area contributed by atoms with Gasteiger partial charge in [-0.3, -0.25) is 4.99 Å². The molecule has 0 fully saturated rings. The first kappa shape index (κ1) is 25.9. The molecule has 0 aliphatic heterocycles. The van der Waals surface area contributed by atoms with E-state index < -0.39 is 10.0 Å². The normalized spacial score (nSPS) is 13.3. The molecule has 0 radical (unpaired) electrons. The molecule has 0 spiro atoms. The van der Waals surface area contributed by atoms with Crippen LogP contribution >= 0.6 is 35.3 Å². The lowest BCUT2D eigenvalue weighted by molar-refractivity contribution is 0.410. The number of benzene rings is 1. The van der Waals surface area contributed by atoms with Gasteiger partial charge in [0.15, 0.2) is 5.96 Å². The summed E-state index contributed by atoms with van der Waals surface area (Å²) >= 11 is 1.75. The van der Waals surface area contributed by atoms with Crippen LogP contribution in [0.5, 0.6) is 0 Å². The predicted octanol–water partition coefficient (Wildman–Crippen LogP) is 3.86. The number of hydrogen-bond acceptors (Lipinski definition) is 4. The Morgan fingerprint density at radius 3 is 2.31 bits per heavy atom. The summed E-state index contributed by atoms with van der Waals surface area (Å²) in [5.74, 6) is 1.13. The van der Waals surface area contributed by atoms with E-state index in [1.165, 1.54) is 9.18 Å². The molecule has 0 bridgehead atoms. The van der Waals surface area contributed by atoms with Crippen molar-refractivity contribution in [2.24, 2.45) is 4.99 Å². The molecule has 29 heavy (non-hydrogen) atoms. The molecule has 162 valence electrons. The summed E-state index contributed by atoms with van der Waals surface area (Å²) < 4.78 is 26.4. The van der Waals surface area contributed by atoms with Crippen molar-refractivity contribution < 1.29 is 8.42 Å². The Bertz CT molecular complexity index is 866. The van der Waals surface area contributed by atoms with Gasteiger partial charge < -0.3 is 10.6 Å². The van der Waals surface area contributed by atoms with E-state index in [4.69, 9.17) is 0 Å². The largest absolute Gasteiger partial charge is 0.356 e. The van der Waals surface area contributed by atoms with Gasteiger partial charge in [0, 0.05) is 44.0 Å². The van der Waals surface area contributed by atoms with Gasteiger partial charge in [0.1, 0.15) is 0 Å². The van der Waals surface area contributed by atoms with Crippen LogP contribution in [-0.4, -0.2) is 45.4 Å². The molecular weight excluding hydrogens is 519 g/mol. The second-order valence-corrected chi connectivity index (χ2v) is 9.96. The minimum absolute atomic E-state index is 0. The quantitative estimate of drug-likeness (QED) is 0.298. The molecule has 2 rings (SSSR count). The van der Waals surface area contributed by atoms with Gasteiger partial charge in [-0.15, -0.1) is 35.3 Å². The molecule has 1 unspecified atom stereocenters. The molecule has 0 aliphatic rings. The summed E-state index contributed by atoms with van der Waals surface area (Å²) in [7, 11) is -0.115. The molecule has 0 aliphatic carbocycles. The minimum Gasteiger partial charge on any atom is -0.356 e. The molecule has 9 heteroatoms. The second kappa shape index (κ2) is 11.9. The van der Waals surface area contributed by atoms with E-state index >= 15 is 0 Å². The summed E-state index contributed by atoms with van der Waals surface area (Å²) in [4.78, 5) is 5.90. The lowest BCUT2D eigenvalue weighted by Gasteiger charge is -2.21. The van der Waals surface area contributed by atoms with Gasteiger partial charge in [-0.2, -0.15) is 4.31 Å². The fourth-order valence-corrected chi connectivity index (χ4v) is 4.71. The summed E-state index contributed by atoms with van der Waals surface area (Å²) in [6, 6.07) is 11.1. The van der Waals surface area contributed by atoms with Gasteiger partial charge in [0.2, 0.25) is 10.0 Å². The van der Waals surface area contributed by atoms with Crippen molar-refractivity contribution in [3.05, 3.63) is 52.2 Å². The highest BCUT2D eigenvalue weighted by Crippen LogP contribution is 2.19. The van der Waals surface area contributed by atoms with Crippen molar-refractivity contribution in [2.75, 3.05) is 20.6 Å². The van der Waals surface area contributed by atoms with Crippen LogP contribution < -0.4 is 10.6 Å². The van der Waals surface area contributed by atoms with E-state index in [2.05, 4.69) is 40.1 Å². The van der Waals surface area contributed by atoms with Gasteiger partial charge >= 0.3 is 0 Å². The molecule has 1 heterocycles. The minimum atomic E-state index is -3.45. The summed E-state index contributed by atoms with van der Waals surface area (Å²) in [6.07, 6.45) is 0. The van der Waals surface area contributed by atoms with Crippen LogP contribution in [0.25, 0.3) is 0 Å². The maximum Gasteiger partial charge on any atom is 0.243 e. The van der Waals surface area contributed by atoms with Crippen molar-refractivity contribution in [1.82, 2.24) is 14.9 Å². The van der Waals surface area contributed by atoms with Crippen LogP contribution in [-0.2, 0) is 16.6 Å². The zero-order chi connectivity index (χ0) is 20.7. The van der Waals surface area contributed by atoms with Gasteiger partial charge in [0.25, 0.3) is 0 Å². The lowest BCUT2D eigenvalue weighted by atomic mass is 10.1. The fraction of sp³-hybridized carbons (Fsp3) is 0.450. The van der Waals surface area contributed by atoms with E-state index in [-0.39, 0.29) is 30.0 Å². The Kier molecular flexibility index (Phi) is 10.6. The second-order valence-electron chi connectivity index (χ2n) is 6.98. The Morgan fingerprint density at radius 2 is 1.79 bits per heavy atom. The third-order valence-electron chi connectivity index (χ3n) is 4.62. The summed E-state index contributed by atoms with van der Waals surface area (Å²) in [5.41, 5.74) is 0.986. The summed E-state index contributed by atoms with van der Waals surface area (Å²) in [6.45, 7) is 7.24. The number of thiophene rings is 1. The van der Waals surface area contributed by atoms with E-state index in [0.717, 1.165) is 18.1 Å². The number of nitrogens with one attached hydrogen (secondary N) is 2. The van der Waals surface area contributed by atoms with Crippen molar-refractivity contribution >= 4 is 51.3 Å². The standard InChI is InChI=1S/C20H30N4O2S2.HI/c1-15(2)24(5)28(25,26)18-10-8-17(9-11-18)14-23-20(21-4)22-13-16(3)19-7-6-12-27-19;/h6-12,15-16H,13-14H2,1-5H3,(H2,21,22,23);1H. The Balaban J connectivity index is 0.00000420. The van der Waals surface area contributed by atoms with E-state index in [0.29, 0.717) is 17.4 Å². The van der Waals surface area contributed by atoms with Crippen molar-refractivity contribution in [3.63, 3.8) is 0 Å². The topological polar surface area (TPSA) is 73.8 Å². The zero-order valence-electron chi connectivity index (χ0n) is 17.5. The first-order chi connectivity index (χ1) is 13.3. The fourth-order valence-electron chi connectivity index (χ4n) is 2.55. The molecule has 1 aromatic heterocycles. The molecular formula is C20H31IN4O2S2. The number of rotatable bonds is 8. The molecule has 0 amide bonds. The van der Waals surface area contributed by atoms with Gasteiger partial charge in [0.05, 0.1) is 4.90 Å². The van der Waals surface area contributed by atoms with Crippen LogP contribution in [0.3, 0.4) is 0 Å². The number of halogens is 1. The monoisotopic (exact) mass is 550 g/mol. The van der Waals surface area contributed by atoms with Crippen LogP contribution in [0, 0.1) is 0 Å². The number of sulfonamides is 1. The van der Waals surface area contributed by atoms with Crippen molar-refractivity contribution in [1.29, 1.82) is 0 Å². The first-order valence-electron chi connectivity index (χ1n) is 9.30. The molecule has 2 aromatic rings. The van der Waals surface area contributed by atoms with Crippen molar-refractivity contribution in [3.8, 4) is 0 Å². The third kappa shape index (κ3) is 7.23. The van der Waals surface area contributed by atoms with Gasteiger partial charge in [-0.25, -0.2) is 8.42 Å². The van der Waals surface area contributed by atoms with Gasteiger partial charge in [-0.05, 0) is 43.0 Å². The van der Waals surface area contributed by atoms with E-state index in [1.807, 2.05) is 26.0 Å². The zero-order valence-corrected chi connectivity index (χ0v) is 21.5. The third-order valence-corrected chi connectivity index (χ3v) is 7.77. The number of guanidine groups is 1.